The van der Waals surface area contributed by atoms with E-state index in [2.05, 4.69) is 80.0 Å². The SMILES string of the molecule is Cc1cc(C)c(C2=CC(C)c3c(Br)cccc32)c(C)c1. The van der Waals surface area contributed by atoms with E-state index in [9.17, 15) is 0 Å². The Labute approximate surface area is 129 Å². The summed E-state index contributed by atoms with van der Waals surface area (Å²) in [6.45, 7) is 8.88. The Kier molecular flexibility index (Phi) is 3.33. The smallest absolute Gasteiger partial charge is 0.0219 e. The van der Waals surface area contributed by atoms with E-state index in [1.807, 2.05) is 0 Å². The monoisotopic (exact) mass is 326 g/mol. The molecule has 0 amide bonds. The van der Waals surface area contributed by atoms with E-state index in [0.717, 1.165) is 0 Å². The second-order valence-corrected chi connectivity index (χ2v) is 6.70. The fourth-order valence-corrected chi connectivity index (χ4v) is 4.21. The van der Waals surface area contributed by atoms with Gasteiger partial charge in [0.1, 0.15) is 0 Å². The van der Waals surface area contributed by atoms with E-state index >= 15 is 0 Å². The zero-order valence-corrected chi connectivity index (χ0v) is 14.0. The van der Waals surface area contributed by atoms with Crippen molar-refractivity contribution >= 4 is 21.5 Å². The van der Waals surface area contributed by atoms with Crippen molar-refractivity contribution in [3.05, 3.63) is 74.3 Å². The van der Waals surface area contributed by atoms with E-state index in [1.165, 1.54) is 43.4 Å². The van der Waals surface area contributed by atoms with Gasteiger partial charge in [-0.15, -0.1) is 0 Å². The van der Waals surface area contributed by atoms with E-state index < -0.39 is 0 Å². The number of halogens is 1. The molecule has 0 N–H and O–H groups in total. The molecule has 0 nitrogen and oxygen atoms in total. The Morgan fingerprint density at radius 2 is 1.65 bits per heavy atom. The van der Waals surface area contributed by atoms with Gasteiger partial charge in [-0.2, -0.15) is 0 Å². The lowest BCUT2D eigenvalue weighted by atomic mass is 9.91. The summed E-state index contributed by atoms with van der Waals surface area (Å²) in [4.78, 5) is 0. The summed E-state index contributed by atoms with van der Waals surface area (Å²) in [5.74, 6) is 0.468. The minimum atomic E-state index is 0.468. The predicted molar refractivity (Wildman–Crippen MR) is 90.3 cm³/mol. The first-order chi connectivity index (χ1) is 9.49. The van der Waals surface area contributed by atoms with Gasteiger partial charge in [0.15, 0.2) is 0 Å². The van der Waals surface area contributed by atoms with Crippen LogP contribution in [0.3, 0.4) is 0 Å². The molecular formula is C19H19Br. The lowest BCUT2D eigenvalue weighted by molar-refractivity contribution is 0.982. The molecule has 1 aliphatic rings. The first kappa shape index (κ1) is 13.6. The van der Waals surface area contributed by atoms with Crippen molar-refractivity contribution in [2.24, 2.45) is 0 Å². The van der Waals surface area contributed by atoms with Gasteiger partial charge in [0.2, 0.25) is 0 Å². The third-order valence-corrected chi connectivity index (χ3v) is 4.85. The van der Waals surface area contributed by atoms with E-state index in [1.54, 1.807) is 0 Å². The van der Waals surface area contributed by atoms with Gasteiger partial charge >= 0.3 is 0 Å². The van der Waals surface area contributed by atoms with Crippen molar-refractivity contribution in [2.75, 3.05) is 0 Å². The summed E-state index contributed by atoms with van der Waals surface area (Å²) >= 11 is 3.70. The van der Waals surface area contributed by atoms with Gasteiger partial charge in [0, 0.05) is 10.4 Å². The Morgan fingerprint density at radius 1 is 1.00 bits per heavy atom. The number of fused-ring (bicyclic) bond motifs is 1. The molecule has 1 atom stereocenters. The van der Waals surface area contributed by atoms with Gasteiger partial charge in [-0.1, -0.05) is 58.8 Å². The molecule has 0 radical (unpaired) electrons. The lowest BCUT2D eigenvalue weighted by Crippen LogP contribution is -1.95. The molecule has 0 aliphatic heterocycles. The average molecular weight is 327 g/mol. The number of allylic oxidation sites excluding steroid dienone is 1. The van der Waals surface area contributed by atoms with Crippen LogP contribution in [-0.2, 0) is 0 Å². The minimum Gasteiger partial charge on any atom is -0.0687 e. The molecule has 0 aromatic heterocycles. The molecule has 2 aromatic rings. The number of benzene rings is 2. The van der Waals surface area contributed by atoms with Crippen LogP contribution >= 0.6 is 15.9 Å². The molecule has 0 bridgehead atoms. The van der Waals surface area contributed by atoms with Crippen molar-refractivity contribution in [1.29, 1.82) is 0 Å². The molecule has 1 aliphatic carbocycles. The molecule has 1 unspecified atom stereocenters. The Hall–Kier alpha value is -1.34. The lowest BCUT2D eigenvalue weighted by Gasteiger charge is -2.14. The zero-order chi connectivity index (χ0) is 14.4. The molecule has 1 heteroatoms. The first-order valence-electron chi connectivity index (χ1n) is 7.08. The molecular weight excluding hydrogens is 308 g/mol. The van der Waals surface area contributed by atoms with Crippen LogP contribution in [0.2, 0.25) is 0 Å². The summed E-state index contributed by atoms with van der Waals surface area (Å²) in [6.07, 6.45) is 2.40. The average Bonchev–Trinajstić information content (AvgIpc) is 2.67. The molecule has 0 spiro atoms. The number of rotatable bonds is 1. The van der Waals surface area contributed by atoms with E-state index in [4.69, 9.17) is 0 Å². The van der Waals surface area contributed by atoms with E-state index in [0.29, 0.717) is 5.92 Å². The Bertz CT molecular complexity index is 700. The standard InChI is InChI=1S/C19H19Br/c1-11-8-12(2)18(13(3)9-11)16-10-14(4)19-15(16)6-5-7-17(19)20/h5-10,14H,1-4H3. The number of hydrogen-bond donors (Lipinski definition) is 0. The van der Waals surface area contributed by atoms with Crippen LogP contribution in [0.25, 0.3) is 5.57 Å². The van der Waals surface area contributed by atoms with Crippen LogP contribution in [0.1, 0.15) is 46.2 Å². The topological polar surface area (TPSA) is 0 Å². The molecule has 2 aromatic carbocycles. The molecule has 0 saturated heterocycles. The molecule has 0 fully saturated rings. The normalized spacial score (nSPS) is 17.1. The fraction of sp³-hybridized carbons (Fsp3) is 0.263. The maximum absolute atomic E-state index is 3.70. The van der Waals surface area contributed by atoms with Crippen molar-refractivity contribution in [2.45, 2.75) is 33.6 Å². The number of hydrogen-bond acceptors (Lipinski definition) is 0. The first-order valence-corrected chi connectivity index (χ1v) is 7.87. The largest absolute Gasteiger partial charge is 0.0687 e. The number of aryl methyl sites for hydroxylation is 3. The molecule has 3 rings (SSSR count). The van der Waals surface area contributed by atoms with Crippen molar-refractivity contribution in [1.82, 2.24) is 0 Å². The second-order valence-electron chi connectivity index (χ2n) is 5.84. The minimum absolute atomic E-state index is 0.468. The van der Waals surface area contributed by atoms with Crippen LogP contribution in [0, 0.1) is 20.8 Å². The van der Waals surface area contributed by atoms with Gasteiger partial charge in [-0.25, -0.2) is 0 Å². The van der Waals surface area contributed by atoms with Crippen LogP contribution in [-0.4, -0.2) is 0 Å². The summed E-state index contributed by atoms with van der Waals surface area (Å²) in [5, 5.41) is 0. The summed E-state index contributed by atoms with van der Waals surface area (Å²) in [6, 6.07) is 11.1. The molecule has 102 valence electrons. The van der Waals surface area contributed by atoms with Crippen molar-refractivity contribution in [3.8, 4) is 0 Å². The molecule has 0 saturated carbocycles. The fourth-order valence-electron chi connectivity index (χ4n) is 3.48. The van der Waals surface area contributed by atoms with E-state index in [-0.39, 0.29) is 0 Å². The molecule has 0 heterocycles. The van der Waals surface area contributed by atoms with Gasteiger partial charge in [0.25, 0.3) is 0 Å². The predicted octanol–water partition coefficient (Wildman–Crippen LogP) is 5.92. The highest BCUT2D eigenvalue weighted by Gasteiger charge is 2.24. The van der Waals surface area contributed by atoms with Gasteiger partial charge in [-0.3, -0.25) is 0 Å². The Morgan fingerprint density at radius 3 is 2.30 bits per heavy atom. The summed E-state index contributed by atoms with van der Waals surface area (Å²) in [7, 11) is 0. The van der Waals surface area contributed by atoms with Gasteiger partial charge < -0.3 is 0 Å². The van der Waals surface area contributed by atoms with Crippen LogP contribution < -0.4 is 0 Å². The van der Waals surface area contributed by atoms with Crippen molar-refractivity contribution in [3.63, 3.8) is 0 Å². The molecule has 20 heavy (non-hydrogen) atoms. The third-order valence-electron chi connectivity index (χ3n) is 4.16. The van der Waals surface area contributed by atoms with Gasteiger partial charge in [-0.05, 0) is 60.2 Å². The quantitative estimate of drug-likeness (QED) is 0.609. The van der Waals surface area contributed by atoms with Crippen LogP contribution in [0.15, 0.2) is 40.9 Å². The zero-order valence-electron chi connectivity index (χ0n) is 12.4. The van der Waals surface area contributed by atoms with Crippen molar-refractivity contribution < 1.29 is 0 Å². The maximum Gasteiger partial charge on any atom is 0.0219 e. The summed E-state index contributed by atoms with van der Waals surface area (Å²) in [5.41, 5.74) is 9.67. The Balaban J connectivity index is 2.25. The highest BCUT2D eigenvalue weighted by molar-refractivity contribution is 9.10. The second kappa shape index (κ2) is 4.89. The maximum atomic E-state index is 3.70. The van der Waals surface area contributed by atoms with Crippen LogP contribution in [0.5, 0.6) is 0 Å². The highest BCUT2D eigenvalue weighted by atomic mass is 79.9. The van der Waals surface area contributed by atoms with Crippen LogP contribution in [0.4, 0.5) is 0 Å². The highest BCUT2D eigenvalue weighted by Crippen LogP contribution is 2.44. The summed E-state index contributed by atoms with van der Waals surface area (Å²) < 4.78 is 1.22. The van der Waals surface area contributed by atoms with Gasteiger partial charge in [0.05, 0.1) is 0 Å². The third kappa shape index (κ3) is 2.05.